The van der Waals surface area contributed by atoms with Crippen molar-refractivity contribution in [3.05, 3.63) is 29.8 Å². The van der Waals surface area contributed by atoms with Crippen molar-refractivity contribution < 1.29 is 26.7 Å². The van der Waals surface area contributed by atoms with E-state index in [0.717, 1.165) is 22.5 Å². The van der Waals surface area contributed by atoms with E-state index in [1.165, 1.54) is 6.92 Å². The fourth-order valence-corrected chi connectivity index (χ4v) is 3.70. The van der Waals surface area contributed by atoms with E-state index in [1.54, 1.807) is 0 Å². The van der Waals surface area contributed by atoms with Crippen LogP contribution in [-0.4, -0.2) is 36.5 Å². The van der Waals surface area contributed by atoms with Crippen molar-refractivity contribution in [3.63, 3.8) is 0 Å². The molecule has 8 heteroatoms. The summed E-state index contributed by atoms with van der Waals surface area (Å²) < 4.78 is 63.3. The number of hydrogen-bond acceptors (Lipinski definition) is 3. The van der Waals surface area contributed by atoms with Crippen LogP contribution in [-0.2, 0) is 16.2 Å². The van der Waals surface area contributed by atoms with Crippen LogP contribution in [0.4, 0.5) is 13.2 Å². The van der Waals surface area contributed by atoms with E-state index >= 15 is 0 Å². The van der Waals surface area contributed by atoms with Gasteiger partial charge in [-0.05, 0) is 31.5 Å². The number of benzene rings is 1. The molecule has 0 aromatic heterocycles. The highest BCUT2D eigenvalue weighted by Gasteiger charge is 2.39. The molecule has 0 bridgehead atoms. The third-order valence-corrected chi connectivity index (χ3v) is 5.06. The highest BCUT2D eigenvalue weighted by atomic mass is 32.2. The molecule has 0 saturated carbocycles. The third kappa shape index (κ3) is 2.97. The Morgan fingerprint density at radius 2 is 2.00 bits per heavy atom. The van der Waals surface area contributed by atoms with Crippen molar-refractivity contribution in [2.75, 3.05) is 13.1 Å². The quantitative estimate of drug-likeness (QED) is 0.907. The molecule has 1 atom stereocenters. The lowest BCUT2D eigenvalue weighted by Gasteiger charge is -2.19. The predicted octanol–water partition coefficient (Wildman–Crippen LogP) is 1.85. The molecule has 1 aromatic rings. The van der Waals surface area contributed by atoms with Crippen molar-refractivity contribution >= 4 is 10.0 Å². The van der Waals surface area contributed by atoms with Gasteiger partial charge in [0.2, 0.25) is 10.0 Å². The zero-order valence-electron chi connectivity index (χ0n) is 10.7. The van der Waals surface area contributed by atoms with Gasteiger partial charge in [-0.3, -0.25) is 0 Å². The van der Waals surface area contributed by atoms with Crippen molar-refractivity contribution in [2.45, 2.75) is 30.0 Å². The molecule has 1 aliphatic rings. The first-order valence-electron chi connectivity index (χ1n) is 5.92. The topological polar surface area (TPSA) is 57.6 Å². The van der Waals surface area contributed by atoms with Gasteiger partial charge >= 0.3 is 6.18 Å². The summed E-state index contributed by atoms with van der Waals surface area (Å²) in [4.78, 5) is -0.412. The Morgan fingerprint density at radius 3 is 2.50 bits per heavy atom. The van der Waals surface area contributed by atoms with Gasteiger partial charge in [-0.1, -0.05) is 6.07 Å². The monoisotopic (exact) mass is 309 g/mol. The summed E-state index contributed by atoms with van der Waals surface area (Å²) >= 11 is 0. The van der Waals surface area contributed by atoms with E-state index in [4.69, 9.17) is 0 Å². The smallest absolute Gasteiger partial charge is 0.389 e. The number of nitrogens with zero attached hydrogens (tertiary/aromatic N) is 1. The van der Waals surface area contributed by atoms with Gasteiger partial charge in [-0.2, -0.15) is 17.5 Å². The molecule has 1 fully saturated rings. The van der Waals surface area contributed by atoms with Crippen molar-refractivity contribution in [2.24, 2.45) is 0 Å². The van der Waals surface area contributed by atoms with E-state index < -0.39 is 32.3 Å². The molecule has 0 aliphatic carbocycles. The molecule has 1 aromatic carbocycles. The standard InChI is InChI=1S/C12H14F3NO3S/c1-11(17)5-6-16(8-11)20(18,19)10-4-2-3-9(7-10)12(13,14)15/h2-4,7,17H,5-6,8H2,1H3. The highest BCUT2D eigenvalue weighted by molar-refractivity contribution is 7.89. The van der Waals surface area contributed by atoms with E-state index in [2.05, 4.69) is 0 Å². The maximum absolute atomic E-state index is 12.6. The predicted molar refractivity (Wildman–Crippen MR) is 65.4 cm³/mol. The highest BCUT2D eigenvalue weighted by Crippen LogP contribution is 2.32. The van der Waals surface area contributed by atoms with Crippen LogP contribution in [0.2, 0.25) is 0 Å². The summed E-state index contributed by atoms with van der Waals surface area (Å²) in [6.45, 7) is 1.46. The van der Waals surface area contributed by atoms with Gasteiger partial charge in [0.15, 0.2) is 0 Å². The largest absolute Gasteiger partial charge is 0.416 e. The van der Waals surface area contributed by atoms with Crippen LogP contribution in [0.15, 0.2) is 29.2 Å². The lowest BCUT2D eigenvalue weighted by atomic mass is 10.1. The number of hydrogen-bond donors (Lipinski definition) is 1. The number of rotatable bonds is 2. The summed E-state index contributed by atoms with van der Waals surface area (Å²) in [6.07, 6.45) is -4.34. The Hall–Kier alpha value is -1.12. The molecule has 0 radical (unpaired) electrons. The number of alkyl halides is 3. The van der Waals surface area contributed by atoms with Crippen LogP contribution in [0.3, 0.4) is 0 Å². The van der Waals surface area contributed by atoms with Crippen LogP contribution < -0.4 is 0 Å². The molecule has 1 heterocycles. The van der Waals surface area contributed by atoms with Gasteiger partial charge in [-0.15, -0.1) is 0 Å². The van der Waals surface area contributed by atoms with Gasteiger partial charge < -0.3 is 5.11 Å². The Labute approximate surface area is 114 Å². The second-order valence-electron chi connectivity index (χ2n) is 5.11. The van der Waals surface area contributed by atoms with Crippen LogP contribution in [0.5, 0.6) is 0 Å². The first-order chi connectivity index (χ1) is 9.02. The molecular weight excluding hydrogens is 295 g/mol. The van der Waals surface area contributed by atoms with E-state index in [0.29, 0.717) is 6.07 Å². The maximum atomic E-state index is 12.6. The minimum absolute atomic E-state index is 0.0889. The summed E-state index contributed by atoms with van der Waals surface area (Å²) in [6, 6.07) is 3.61. The van der Waals surface area contributed by atoms with E-state index in [-0.39, 0.29) is 19.5 Å². The average Bonchev–Trinajstić information content (AvgIpc) is 2.69. The molecule has 1 N–H and O–H groups in total. The van der Waals surface area contributed by atoms with Crippen LogP contribution in [0.25, 0.3) is 0 Å². The number of sulfonamides is 1. The van der Waals surface area contributed by atoms with Crippen LogP contribution in [0, 0.1) is 0 Å². The van der Waals surface area contributed by atoms with Crippen molar-refractivity contribution in [3.8, 4) is 0 Å². The molecule has 0 spiro atoms. The fraction of sp³-hybridized carbons (Fsp3) is 0.500. The fourth-order valence-electron chi connectivity index (χ4n) is 2.09. The molecular formula is C12H14F3NO3S. The Balaban J connectivity index is 2.36. The molecule has 1 saturated heterocycles. The lowest BCUT2D eigenvalue weighted by Crippen LogP contribution is -2.34. The van der Waals surface area contributed by atoms with Crippen molar-refractivity contribution in [1.29, 1.82) is 0 Å². The summed E-state index contributed by atoms with van der Waals surface area (Å²) in [5, 5.41) is 9.77. The number of aliphatic hydroxyl groups is 1. The first kappa shape index (κ1) is 15.3. The molecule has 4 nitrogen and oxygen atoms in total. The minimum Gasteiger partial charge on any atom is -0.389 e. The first-order valence-corrected chi connectivity index (χ1v) is 7.36. The van der Waals surface area contributed by atoms with Crippen LogP contribution >= 0.6 is 0 Å². The lowest BCUT2D eigenvalue weighted by molar-refractivity contribution is -0.137. The molecule has 0 amide bonds. The SMILES string of the molecule is CC1(O)CCN(S(=O)(=O)c2cccc(C(F)(F)F)c2)C1. The Morgan fingerprint density at radius 1 is 1.35 bits per heavy atom. The van der Waals surface area contributed by atoms with Gasteiger partial charge in [0.05, 0.1) is 16.1 Å². The number of halogens is 3. The maximum Gasteiger partial charge on any atom is 0.416 e. The van der Waals surface area contributed by atoms with Crippen LogP contribution in [0.1, 0.15) is 18.9 Å². The van der Waals surface area contributed by atoms with Gasteiger partial charge in [0, 0.05) is 13.1 Å². The molecule has 1 unspecified atom stereocenters. The second-order valence-corrected chi connectivity index (χ2v) is 7.05. The van der Waals surface area contributed by atoms with E-state index in [9.17, 15) is 26.7 Å². The molecule has 2 rings (SSSR count). The van der Waals surface area contributed by atoms with E-state index in [1.807, 2.05) is 0 Å². The van der Waals surface area contributed by atoms with Gasteiger partial charge in [-0.25, -0.2) is 8.42 Å². The number of β-amino-alcohol motifs (C(OH)–C–C–N with tert-alkyl or cyclic N) is 1. The van der Waals surface area contributed by atoms with Gasteiger partial charge in [0.1, 0.15) is 0 Å². The zero-order valence-corrected chi connectivity index (χ0v) is 11.5. The molecule has 20 heavy (non-hydrogen) atoms. The van der Waals surface area contributed by atoms with Crippen molar-refractivity contribution in [1.82, 2.24) is 4.31 Å². The summed E-state index contributed by atoms with van der Waals surface area (Å²) in [5.41, 5.74) is -2.15. The zero-order chi connectivity index (χ0) is 15.2. The Bertz CT molecular complexity index is 611. The van der Waals surface area contributed by atoms with Gasteiger partial charge in [0.25, 0.3) is 0 Å². The molecule has 112 valence electrons. The molecule has 1 aliphatic heterocycles. The minimum atomic E-state index is -4.60. The third-order valence-electron chi connectivity index (χ3n) is 3.22. The second kappa shape index (κ2) is 4.71. The normalized spacial score (nSPS) is 25.1. The summed E-state index contributed by atoms with van der Waals surface area (Å²) in [7, 11) is -4.02. The average molecular weight is 309 g/mol. The Kier molecular flexibility index (Phi) is 3.60. The summed E-state index contributed by atoms with van der Waals surface area (Å²) in [5.74, 6) is 0.